The predicted octanol–water partition coefficient (Wildman–Crippen LogP) is 2.72. The zero-order valence-electron chi connectivity index (χ0n) is 14.0. The maximum absolute atomic E-state index is 12.4. The molecule has 2 aromatic rings. The fraction of sp³-hybridized carbons (Fsp3) is 0.412. The minimum atomic E-state index is -0.170. The van der Waals surface area contributed by atoms with E-state index in [1.54, 1.807) is 5.38 Å². The van der Waals surface area contributed by atoms with E-state index >= 15 is 0 Å². The Morgan fingerprint density at radius 1 is 1.36 bits per heavy atom. The van der Waals surface area contributed by atoms with E-state index in [4.69, 9.17) is 15.2 Å². The summed E-state index contributed by atoms with van der Waals surface area (Å²) in [6.07, 6.45) is 1.46. The minimum Gasteiger partial charge on any atom is -0.486 e. The van der Waals surface area contributed by atoms with Gasteiger partial charge >= 0.3 is 0 Å². The van der Waals surface area contributed by atoms with E-state index in [1.807, 2.05) is 25.1 Å². The first-order valence-corrected chi connectivity index (χ1v) is 8.94. The third-order valence-electron chi connectivity index (χ3n) is 3.82. The average molecular weight is 384 g/mol. The molecule has 0 bridgehead atoms. The number of fused-ring (bicyclic) bond motifs is 1. The van der Waals surface area contributed by atoms with Gasteiger partial charge in [0.15, 0.2) is 11.5 Å². The van der Waals surface area contributed by atoms with Crippen LogP contribution in [0, 0.1) is 0 Å². The van der Waals surface area contributed by atoms with Crippen molar-refractivity contribution in [1.82, 2.24) is 10.3 Å². The molecule has 0 saturated carbocycles. The van der Waals surface area contributed by atoms with Crippen LogP contribution >= 0.6 is 23.7 Å². The molecule has 2 heterocycles. The molecule has 3 rings (SSSR count). The van der Waals surface area contributed by atoms with Crippen LogP contribution in [0.15, 0.2) is 23.6 Å². The Labute approximate surface area is 157 Å². The molecule has 0 fully saturated rings. The normalized spacial score (nSPS) is 13.7. The average Bonchev–Trinajstić information content (AvgIpc) is 3.08. The highest BCUT2D eigenvalue weighted by atomic mass is 35.5. The number of nitrogens with two attached hydrogens (primary N) is 1. The molecule has 25 heavy (non-hydrogen) atoms. The summed E-state index contributed by atoms with van der Waals surface area (Å²) in [5.74, 6) is 1.30. The molecule has 6 nitrogen and oxygen atoms in total. The number of amides is 1. The highest BCUT2D eigenvalue weighted by Gasteiger charge is 2.19. The third-order valence-corrected chi connectivity index (χ3v) is 4.73. The number of carbonyl (C=O) groups is 1. The van der Waals surface area contributed by atoms with Crippen molar-refractivity contribution >= 4 is 29.7 Å². The predicted molar refractivity (Wildman–Crippen MR) is 100 cm³/mol. The zero-order chi connectivity index (χ0) is 16.9. The molecule has 136 valence electrons. The zero-order valence-corrected chi connectivity index (χ0v) is 15.6. The summed E-state index contributed by atoms with van der Waals surface area (Å²) >= 11 is 1.46. The van der Waals surface area contributed by atoms with Crippen molar-refractivity contribution in [2.45, 2.75) is 25.8 Å². The molecule has 3 N–H and O–H groups in total. The summed E-state index contributed by atoms with van der Waals surface area (Å²) < 4.78 is 11.2. The minimum absolute atomic E-state index is 0. The molecule has 0 saturated heterocycles. The topological polar surface area (TPSA) is 86.5 Å². The largest absolute Gasteiger partial charge is 0.486 e. The van der Waals surface area contributed by atoms with Gasteiger partial charge in [-0.25, -0.2) is 4.98 Å². The number of halogens is 1. The smallest absolute Gasteiger partial charge is 0.271 e. The maximum Gasteiger partial charge on any atom is 0.271 e. The number of benzene rings is 1. The highest BCUT2D eigenvalue weighted by Crippen LogP contribution is 2.33. The molecule has 0 spiro atoms. The van der Waals surface area contributed by atoms with Crippen LogP contribution in [-0.4, -0.2) is 30.6 Å². The molecule has 1 aliphatic heterocycles. The van der Waals surface area contributed by atoms with Crippen LogP contribution in [-0.2, 0) is 6.42 Å². The van der Waals surface area contributed by atoms with Gasteiger partial charge in [-0.15, -0.1) is 23.7 Å². The first kappa shape index (κ1) is 19.5. The maximum atomic E-state index is 12.4. The number of rotatable bonds is 6. The lowest BCUT2D eigenvalue weighted by molar-refractivity contribution is 0.0931. The Kier molecular flexibility index (Phi) is 7.04. The number of hydrogen-bond acceptors (Lipinski definition) is 6. The van der Waals surface area contributed by atoms with Crippen molar-refractivity contribution in [2.75, 3.05) is 19.8 Å². The van der Waals surface area contributed by atoms with E-state index in [0.29, 0.717) is 31.9 Å². The van der Waals surface area contributed by atoms with Crippen molar-refractivity contribution in [1.29, 1.82) is 0 Å². The number of nitrogens with one attached hydrogen (secondary N) is 1. The van der Waals surface area contributed by atoms with Crippen LogP contribution in [0.5, 0.6) is 11.5 Å². The molecule has 0 radical (unpaired) electrons. The number of hydrogen-bond donors (Lipinski definition) is 2. The molecule has 1 aromatic carbocycles. The summed E-state index contributed by atoms with van der Waals surface area (Å²) in [6.45, 7) is 3.67. The summed E-state index contributed by atoms with van der Waals surface area (Å²) in [4.78, 5) is 16.8. The van der Waals surface area contributed by atoms with Gasteiger partial charge in [-0.2, -0.15) is 0 Å². The lowest BCUT2D eigenvalue weighted by Crippen LogP contribution is -2.28. The van der Waals surface area contributed by atoms with Gasteiger partial charge in [0, 0.05) is 11.8 Å². The van der Waals surface area contributed by atoms with E-state index in [9.17, 15) is 4.79 Å². The van der Waals surface area contributed by atoms with Crippen molar-refractivity contribution in [3.8, 4) is 11.5 Å². The molecule has 1 aromatic heterocycles. The van der Waals surface area contributed by atoms with Gasteiger partial charge in [0.05, 0.1) is 11.0 Å². The third kappa shape index (κ3) is 4.62. The van der Waals surface area contributed by atoms with Gasteiger partial charge in [-0.3, -0.25) is 4.79 Å². The van der Waals surface area contributed by atoms with Crippen LogP contribution < -0.4 is 20.5 Å². The van der Waals surface area contributed by atoms with Crippen molar-refractivity contribution in [2.24, 2.45) is 5.73 Å². The lowest BCUT2D eigenvalue weighted by Gasteiger charge is -2.22. The Morgan fingerprint density at radius 2 is 2.12 bits per heavy atom. The summed E-state index contributed by atoms with van der Waals surface area (Å²) in [7, 11) is 0. The van der Waals surface area contributed by atoms with Crippen LogP contribution in [0.2, 0.25) is 0 Å². The SMILES string of the molecule is CCC(NC(=O)c1csc(CCN)n1)c1ccc2c(c1)OCCO2.Cl. The van der Waals surface area contributed by atoms with Gasteiger partial charge in [-0.1, -0.05) is 13.0 Å². The molecule has 1 amide bonds. The number of aromatic nitrogens is 1. The first-order chi connectivity index (χ1) is 11.7. The summed E-state index contributed by atoms with van der Waals surface area (Å²) in [5, 5.41) is 5.70. The van der Waals surface area contributed by atoms with Crippen molar-refractivity contribution in [3.05, 3.63) is 39.8 Å². The first-order valence-electron chi connectivity index (χ1n) is 8.06. The highest BCUT2D eigenvalue weighted by molar-refractivity contribution is 7.09. The lowest BCUT2D eigenvalue weighted by atomic mass is 10.0. The van der Waals surface area contributed by atoms with Gasteiger partial charge in [0.2, 0.25) is 0 Å². The molecular weight excluding hydrogens is 362 g/mol. The Bertz CT molecular complexity index is 723. The van der Waals surface area contributed by atoms with Gasteiger partial charge in [-0.05, 0) is 30.7 Å². The molecule has 0 aliphatic carbocycles. The molecule has 8 heteroatoms. The second-order valence-corrected chi connectivity index (χ2v) is 6.45. The van der Waals surface area contributed by atoms with E-state index in [-0.39, 0.29) is 24.4 Å². The van der Waals surface area contributed by atoms with Gasteiger partial charge < -0.3 is 20.5 Å². The van der Waals surface area contributed by atoms with E-state index < -0.39 is 0 Å². The molecule has 1 aliphatic rings. The molecular formula is C17H22ClN3O3S. The van der Waals surface area contributed by atoms with Crippen molar-refractivity contribution < 1.29 is 14.3 Å². The molecule has 1 unspecified atom stereocenters. The quantitative estimate of drug-likeness (QED) is 0.800. The second kappa shape index (κ2) is 9.03. The van der Waals surface area contributed by atoms with Crippen LogP contribution in [0.3, 0.4) is 0 Å². The van der Waals surface area contributed by atoms with Gasteiger partial charge in [0.25, 0.3) is 5.91 Å². The van der Waals surface area contributed by atoms with E-state index in [0.717, 1.165) is 28.5 Å². The van der Waals surface area contributed by atoms with E-state index in [1.165, 1.54) is 11.3 Å². The summed E-state index contributed by atoms with van der Waals surface area (Å²) in [5.41, 5.74) is 6.96. The Balaban J connectivity index is 0.00000225. The summed E-state index contributed by atoms with van der Waals surface area (Å²) in [6, 6.07) is 5.68. The van der Waals surface area contributed by atoms with Crippen LogP contribution in [0.25, 0.3) is 0 Å². The fourth-order valence-corrected chi connectivity index (χ4v) is 3.38. The van der Waals surface area contributed by atoms with Crippen molar-refractivity contribution in [3.63, 3.8) is 0 Å². The Hall–Kier alpha value is -1.83. The number of ether oxygens (including phenoxy) is 2. The molecule has 1 atom stereocenters. The van der Waals surface area contributed by atoms with Crippen LogP contribution in [0.1, 0.15) is 40.4 Å². The number of carbonyl (C=O) groups excluding carboxylic acids is 1. The fourth-order valence-electron chi connectivity index (χ4n) is 2.58. The van der Waals surface area contributed by atoms with Gasteiger partial charge in [0.1, 0.15) is 18.9 Å². The monoisotopic (exact) mass is 383 g/mol. The van der Waals surface area contributed by atoms with Crippen LogP contribution in [0.4, 0.5) is 0 Å². The Morgan fingerprint density at radius 3 is 2.84 bits per heavy atom. The van der Waals surface area contributed by atoms with E-state index in [2.05, 4.69) is 10.3 Å². The second-order valence-electron chi connectivity index (χ2n) is 5.50. The number of nitrogens with zero attached hydrogens (tertiary/aromatic N) is 1. The number of thiazole rings is 1. The standard InChI is InChI=1S/C17H21N3O3S.ClH/c1-2-12(11-3-4-14-15(9-11)23-8-7-22-14)20-17(21)13-10-24-16(19-13)5-6-18;/h3-4,9-10,12H,2,5-8,18H2,1H3,(H,20,21);1H.